The number of nitrogens with zero attached hydrogens (tertiary/aromatic N) is 1. The Hall–Kier alpha value is -1.11. The molecule has 24 heavy (non-hydrogen) atoms. The molecule has 0 spiro atoms. The van der Waals surface area contributed by atoms with Gasteiger partial charge in [-0.3, -0.25) is 4.79 Å². The third-order valence-electron chi connectivity index (χ3n) is 3.64. The van der Waals surface area contributed by atoms with Crippen molar-refractivity contribution in [2.45, 2.75) is 70.0 Å². The van der Waals surface area contributed by atoms with Gasteiger partial charge < -0.3 is 4.90 Å². The van der Waals surface area contributed by atoms with Gasteiger partial charge in [0, 0.05) is 23.2 Å². The Labute approximate surface area is 149 Å². The molecule has 1 N–H and O–H groups in total. The first-order valence-electron chi connectivity index (χ1n) is 8.08. The maximum absolute atomic E-state index is 12.8. The minimum absolute atomic E-state index is 0.0634. The molecule has 0 radical (unpaired) electrons. The van der Waals surface area contributed by atoms with Crippen molar-refractivity contribution in [3.05, 3.63) is 28.8 Å². The van der Waals surface area contributed by atoms with Gasteiger partial charge in [-0.15, -0.1) is 0 Å². The number of hydrogen-bond acceptors (Lipinski definition) is 3. The van der Waals surface area contributed by atoms with Gasteiger partial charge in [0.05, 0.1) is 5.02 Å². The molecule has 0 saturated heterocycles. The van der Waals surface area contributed by atoms with Crippen LogP contribution in [-0.2, 0) is 10.0 Å². The predicted molar refractivity (Wildman–Crippen MR) is 95.9 cm³/mol. The van der Waals surface area contributed by atoms with Crippen molar-refractivity contribution in [1.29, 1.82) is 0 Å². The van der Waals surface area contributed by atoms with E-state index in [9.17, 15) is 13.2 Å². The van der Waals surface area contributed by atoms with Crippen molar-refractivity contribution in [3.8, 4) is 0 Å². The van der Waals surface area contributed by atoms with E-state index in [2.05, 4.69) is 4.72 Å². The highest BCUT2D eigenvalue weighted by molar-refractivity contribution is 7.89. The molecule has 1 saturated carbocycles. The van der Waals surface area contributed by atoms with Crippen LogP contribution in [0.4, 0.5) is 0 Å². The zero-order valence-corrected chi connectivity index (χ0v) is 16.3. The maximum atomic E-state index is 12.8. The number of carbonyl (C=O) groups excluding carboxylic acids is 1. The summed E-state index contributed by atoms with van der Waals surface area (Å²) in [7, 11) is -3.81. The minimum Gasteiger partial charge on any atom is -0.333 e. The Morgan fingerprint density at radius 1 is 1.29 bits per heavy atom. The largest absolute Gasteiger partial charge is 0.333 e. The van der Waals surface area contributed by atoms with E-state index in [1.807, 2.05) is 18.7 Å². The lowest BCUT2D eigenvalue weighted by Gasteiger charge is -2.27. The van der Waals surface area contributed by atoms with E-state index >= 15 is 0 Å². The van der Waals surface area contributed by atoms with Gasteiger partial charge in [0.1, 0.15) is 4.90 Å². The van der Waals surface area contributed by atoms with Crippen LogP contribution in [0.1, 0.15) is 57.8 Å². The smallest absolute Gasteiger partial charge is 0.254 e. The van der Waals surface area contributed by atoms with Crippen molar-refractivity contribution >= 4 is 27.5 Å². The lowest BCUT2D eigenvalue weighted by Crippen LogP contribution is -2.41. The number of rotatable bonds is 5. The number of benzene rings is 1. The van der Waals surface area contributed by atoms with Crippen LogP contribution in [0.2, 0.25) is 5.02 Å². The monoisotopic (exact) mass is 372 g/mol. The van der Waals surface area contributed by atoms with Crippen LogP contribution in [0.3, 0.4) is 0 Å². The number of amides is 1. The van der Waals surface area contributed by atoms with Crippen LogP contribution in [0.25, 0.3) is 0 Å². The molecule has 1 aromatic carbocycles. The predicted octanol–water partition coefficient (Wildman–Crippen LogP) is 3.43. The molecule has 2 rings (SSSR count). The van der Waals surface area contributed by atoms with E-state index in [0.29, 0.717) is 5.56 Å². The number of nitrogens with one attached hydrogen (secondary N) is 1. The number of halogens is 1. The molecule has 134 valence electrons. The molecule has 1 fully saturated rings. The number of hydrogen-bond donors (Lipinski definition) is 1. The van der Waals surface area contributed by atoms with E-state index in [1.54, 1.807) is 26.8 Å². The van der Waals surface area contributed by atoms with E-state index in [0.717, 1.165) is 12.8 Å². The Morgan fingerprint density at radius 2 is 1.88 bits per heavy atom. The van der Waals surface area contributed by atoms with Crippen LogP contribution >= 0.6 is 11.6 Å². The first-order chi connectivity index (χ1) is 10.9. The second kappa shape index (κ2) is 6.65. The van der Waals surface area contributed by atoms with Gasteiger partial charge in [0.15, 0.2) is 0 Å². The van der Waals surface area contributed by atoms with Crippen LogP contribution in [0.15, 0.2) is 23.1 Å². The molecule has 0 aromatic heterocycles. The topological polar surface area (TPSA) is 66.5 Å². The average Bonchev–Trinajstić information content (AvgIpc) is 3.20. The van der Waals surface area contributed by atoms with Crippen molar-refractivity contribution in [3.63, 3.8) is 0 Å². The molecule has 0 unspecified atom stereocenters. The van der Waals surface area contributed by atoms with Crippen molar-refractivity contribution in [1.82, 2.24) is 9.62 Å². The van der Waals surface area contributed by atoms with Crippen LogP contribution in [-0.4, -0.2) is 36.8 Å². The van der Waals surface area contributed by atoms with Gasteiger partial charge in [-0.2, -0.15) is 0 Å². The SMILES string of the molecule is CC(C)N(C(=O)c1ccc(Cl)c(S(=O)(=O)NC(C)(C)C)c1)C1CC1. The molecule has 0 bridgehead atoms. The summed E-state index contributed by atoms with van der Waals surface area (Å²) in [6, 6.07) is 4.74. The summed E-state index contributed by atoms with van der Waals surface area (Å²) in [5.41, 5.74) is -0.297. The third kappa shape index (κ3) is 4.49. The van der Waals surface area contributed by atoms with Crippen LogP contribution in [0.5, 0.6) is 0 Å². The summed E-state index contributed by atoms with van der Waals surface area (Å²) in [5, 5.41) is 0.103. The lowest BCUT2D eigenvalue weighted by atomic mass is 10.1. The molecule has 1 aliphatic rings. The first-order valence-corrected chi connectivity index (χ1v) is 9.95. The summed E-state index contributed by atoms with van der Waals surface area (Å²) in [6.45, 7) is 9.18. The summed E-state index contributed by atoms with van der Waals surface area (Å²) >= 11 is 6.09. The van der Waals surface area contributed by atoms with E-state index < -0.39 is 15.6 Å². The first kappa shape index (κ1) is 19.2. The van der Waals surface area contributed by atoms with E-state index in [1.165, 1.54) is 12.1 Å². The molecule has 5 nitrogen and oxygen atoms in total. The molecule has 0 heterocycles. The third-order valence-corrected chi connectivity index (χ3v) is 5.88. The summed E-state index contributed by atoms with van der Waals surface area (Å²) in [5.74, 6) is -0.156. The highest BCUT2D eigenvalue weighted by atomic mass is 35.5. The molecule has 1 aliphatic carbocycles. The maximum Gasteiger partial charge on any atom is 0.254 e. The Bertz CT molecular complexity index is 733. The van der Waals surface area contributed by atoms with Crippen LogP contribution in [0, 0.1) is 0 Å². The summed E-state index contributed by atoms with van der Waals surface area (Å²) in [6.07, 6.45) is 1.99. The summed E-state index contributed by atoms with van der Waals surface area (Å²) < 4.78 is 27.7. The zero-order valence-electron chi connectivity index (χ0n) is 14.8. The fourth-order valence-corrected chi connectivity index (χ4v) is 4.57. The molecule has 1 aromatic rings. The van der Waals surface area contributed by atoms with Gasteiger partial charge in [-0.1, -0.05) is 11.6 Å². The number of sulfonamides is 1. The highest BCUT2D eigenvalue weighted by Gasteiger charge is 2.35. The molecule has 7 heteroatoms. The molecule has 0 aliphatic heterocycles. The lowest BCUT2D eigenvalue weighted by molar-refractivity contribution is 0.0690. The van der Waals surface area contributed by atoms with Gasteiger partial charge in [0.2, 0.25) is 10.0 Å². The average molecular weight is 373 g/mol. The molecular weight excluding hydrogens is 348 g/mol. The van der Waals surface area contributed by atoms with Crippen LogP contribution < -0.4 is 4.72 Å². The van der Waals surface area contributed by atoms with Crippen molar-refractivity contribution in [2.24, 2.45) is 0 Å². The minimum atomic E-state index is -3.81. The quantitative estimate of drug-likeness (QED) is 0.861. The van der Waals surface area contributed by atoms with Gasteiger partial charge >= 0.3 is 0 Å². The normalized spacial score (nSPS) is 15.6. The second-order valence-electron chi connectivity index (χ2n) is 7.54. The van der Waals surface area contributed by atoms with Gasteiger partial charge in [0.25, 0.3) is 5.91 Å². The Balaban J connectivity index is 2.40. The van der Waals surface area contributed by atoms with Gasteiger partial charge in [-0.25, -0.2) is 13.1 Å². The number of carbonyl (C=O) groups is 1. The highest BCUT2D eigenvalue weighted by Crippen LogP contribution is 2.31. The standard InChI is InChI=1S/C17H25ClN2O3S/c1-11(2)20(13-7-8-13)16(21)12-6-9-14(18)15(10-12)24(22,23)19-17(3,4)5/h6,9-11,13,19H,7-8H2,1-5H3. The molecular formula is C17H25ClN2O3S. The molecule has 0 atom stereocenters. The van der Waals surface area contributed by atoms with Crippen molar-refractivity contribution in [2.75, 3.05) is 0 Å². The van der Waals surface area contributed by atoms with Crippen molar-refractivity contribution < 1.29 is 13.2 Å². The van der Waals surface area contributed by atoms with E-state index in [4.69, 9.17) is 11.6 Å². The fraction of sp³-hybridized carbons (Fsp3) is 0.588. The summed E-state index contributed by atoms with van der Waals surface area (Å²) in [4.78, 5) is 14.6. The second-order valence-corrected chi connectivity index (χ2v) is 9.60. The zero-order chi connectivity index (χ0) is 18.3. The van der Waals surface area contributed by atoms with Gasteiger partial charge in [-0.05, 0) is 65.7 Å². The van der Waals surface area contributed by atoms with E-state index in [-0.39, 0.29) is 27.9 Å². The fourth-order valence-electron chi connectivity index (χ4n) is 2.62. The molecule has 1 amide bonds. The Kier molecular flexibility index (Phi) is 5.33. The Morgan fingerprint density at radius 3 is 2.33 bits per heavy atom.